The van der Waals surface area contributed by atoms with Crippen LogP contribution in [-0.4, -0.2) is 25.9 Å². The van der Waals surface area contributed by atoms with Crippen molar-refractivity contribution in [2.24, 2.45) is 5.10 Å². The van der Waals surface area contributed by atoms with E-state index in [9.17, 15) is 24.8 Å². The number of halogens is 1. The molecule has 0 unspecified atom stereocenters. The summed E-state index contributed by atoms with van der Waals surface area (Å²) in [5.41, 5.74) is -1.30. The van der Waals surface area contributed by atoms with Gasteiger partial charge in [-0.2, -0.15) is 5.10 Å². The first kappa shape index (κ1) is 16.6. The highest BCUT2D eigenvalue weighted by Gasteiger charge is 2.17. The number of nitro groups is 1. The second-order valence-corrected chi connectivity index (χ2v) is 5.82. The molecule has 2 N–H and O–H groups in total. The molecule has 2 aromatic carbocycles. The number of nitrogens with zero attached hydrogens (tertiary/aromatic N) is 3. The summed E-state index contributed by atoms with van der Waals surface area (Å²) in [6.45, 7) is 0. The summed E-state index contributed by atoms with van der Waals surface area (Å²) < 4.78 is 0.706. The number of para-hydroxylation sites is 1. The number of nitro benzene ring substituents is 1. The van der Waals surface area contributed by atoms with Gasteiger partial charge in [-0.3, -0.25) is 14.9 Å². The molecule has 0 saturated heterocycles. The van der Waals surface area contributed by atoms with Crippen LogP contribution in [0.3, 0.4) is 0 Å². The summed E-state index contributed by atoms with van der Waals surface area (Å²) in [6, 6.07) is 8.90. The summed E-state index contributed by atoms with van der Waals surface area (Å²) >= 11 is 3.00. The van der Waals surface area contributed by atoms with Gasteiger partial charge in [-0.15, -0.1) is 4.68 Å². The largest absolute Gasteiger partial charge is 0.501 e. The predicted octanol–water partition coefficient (Wildman–Crippen LogP) is 1.95. The Morgan fingerprint density at radius 2 is 2.00 bits per heavy atom. The van der Waals surface area contributed by atoms with Gasteiger partial charge in [-0.25, -0.2) is 4.79 Å². The van der Waals surface area contributed by atoms with Crippen molar-refractivity contribution < 1.29 is 10.0 Å². The molecule has 3 aromatic rings. The molecule has 0 aliphatic heterocycles. The van der Waals surface area contributed by atoms with Crippen molar-refractivity contribution in [1.82, 2.24) is 9.66 Å². The van der Waals surface area contributed by atoms with Crippen molar-refractivity contribution in [2.45, 2.75) is 0 Å². The summed E-state index contributed by atoms with van der Waals surface area (Å²) in [4.78, 5) is 37.0. The van der Waals surface area contributed by atoms with Gasteiger partial charge in [0, 0.05) is 11.6 Å². The van der Waals surface area contributed by atoms with E-state index in [-0.39, 0.29) is 15.4 Å². The van der Waals surface area contributed by atoms with Crippen LogP contribution >= 0.6 is 15.9 Å². The van der Waals surface area contributed by atoms with Crippen molar-refractivity contribution in [3.63, 3.8) is 0 Å². The molecule has 0 aliphatic rings. The van der Waals surface area contributed by atoms with Crippen LogP contribution in [0.4, 0.5) is 5.69 Å². The van der Waals surface area contributed by atoms with E-state index >= 15 is 0 Å². The second-order valence-electron chi connectivity index (χ2n) is 4.96. The van der Waals surface area contributed by atoms with Crippen LogP contribution < -0.4 is 11.2 Å². The SMILES string of the molecule is O=c1[nH]c2ccccc2c(=O)n1N=Cc1cc(Br)c(O)c([N+](=O)[O-])c1. The number of rotatable bonds is 3. The van der Waals surface area contributed by atoms with E-state index in [0.717, 1.165) is 12.3 Å². The van der Waals surface area contributed by atoms with E-state index in [1.807, 2.05) is 0 Å². The number of fused-ring (bicyclic) bond motifs is 1. The number of hydrogen-bond acceptors (Lipinski definition) is 6. The van der Waals surface area contributed by atoms with Crippen LogP contribution in [0.1, 0.15) is 5.56 Å². The molecule has 0 saturated carbocycles. The Bertz CT molecular complexity index is 1150. The number of nitrogens with one attached hydrogen (secondary N) is 1. The molecule has 0 bridgehead atoms. The highest BCUT2D eigenvalue weighted by atomic mass is 79.9. The van der Waals surface area contributed by atoms with Crippen molar-refractivity contribution >= 4 is 38.7 Å². The lowest BCUT2D eigenvalue weighted by atomic mass is 10.2. The molecule has 1 heterocycles. The smallest absolute Gasteiger partial charge is 0.349 e. The maximum Gasteiger partial charge on any atom is 0.349 e. The Hall–Kier alpha value is -3.27. The molecule has 9 nitrogen and oxygen atoms in total. The zero-order chi connectivity index (χ0) is 18.1. The number of aromatic nitrogens is 2. The quantitative estimate of drug-likeness (QED) is 0.391. The molecule has 0 radical (unpaired) electrons. The summed E-state index contributed by atoms with van der Waals surface area (Å²) in [7, 11) is 0. The van der Waals surface area contributed by atoms with Gasteiger partial charge in [0.25, 0.3) is 5.56 Å². The first-order valence-electron chi connectivity index (χ1n) is 6.84. The third-order valence-electron chi connectivity index (χ3n) is 3.37. The van der Waals surface area contributed by atoms with Gasteiger partial charge < -0.3 is 10.1 Å². The Labute approximate surface area is 147 Å². The molecule has 0 spiro atoms. The highest BCUT2D eigenvalue weighted by molar-refractivity contribution is 9.10. The third-order valence-corrected chi connectivity index (χ3v) is 3.97. The number of hydrogen-bond donors (Lipinski definition) is 2. The number of H-pyrrole nitrogens is 1. The van der Waals surface area contributed by atoms with E-state index in [2.05, 4.69) is 26.0 Å². The first-order chi connectivity index (χ1) is 11.9. The molecule has 3 rings (SSSR count). The first-order valence-corrected chi connectivity index (χ1v) is 7.63. The van der Waals surface area contributed by atoms with Gasteiger partial charge in [-0.05, 0) is 34.1 Å². The zero-order valence-electron chi connectivity index (χ0n) is 12.3. The number of phenols is 1. The van der Waals surface area contributed by atoms with Crippen LogP contribution in [0.5, 0.6) is 5.75 Å². The van der Waals surface area contributed by atoms with E-state index in [1.54, 1.807) is 24.3 Å². The second kappa shape index (κ2) is 6.32. The third kappa shape index (κ3) is 3.06. The fourth-order valence-corrected chi connectivity index (χ4v) is 2.67. The molecular formula is C15H9BrN4O5. The van der Waals surface area contributed by atoms with Crippen molar-refractivity contribution in [3.8, 4) is 5.75 Å². The monoisotopic (exact) mass is 404 g/mol. The fraction of sp³-hybridized carbons (Fsp3) is 0. The lowest BCUT2D eigenvalue weighted by Gasteiger charge is -2.02. The van der Waals surface area contributed by atoms with Crippen molar-refractivity contribution in [1.29, 1.82) is 0 Å². The van der Waals surface area contributed by atoms with Crippen molar-refractivity contribution in [3.05, 3.63) is 77.4 Å². The normalized spacial score (nSPS) is 11.2. The van der Waals surface area contributed by atoms with Gasteiger partial charge in [0.1, 0.15) is 0 Å². The standard InChI is InChI=1S/C15H9BrN4O5/c16-10-5-8(6-12(13(10)21)20(24)25)7-17-19-14(22)9-3-1-2-4-11(9)18-15(19)23/h1-7,21H,(H,18,23). The molecular weight excluding hydrogens is 396 g/mol. The Kier molecular flexibility index (Phi) is 4.19. The van der Waals surface area contributed by atoms with Gasteiger partial charge in [0.05, 0.1) is 26.5 Å². The van der Waals surface area contributed by atoms with Crippen LogP contribution in [0.25, 0.3) is 10.9 Å². The number of phenolic OH excluding ortho intramolecular Hbond substituents is 1. The average molecular weight is 405 g/mol. The van der Waals surface area contributed by atoms with Crippen LogP contribution in [-0.2, 0) is 0 Å². The fourth-order valence-electron chi connectivity index (χ4n) is 2.20. The molecule has 0 aliphatic carbocycles. The average Bonchev–Trinajstić information content (AvgIpc) is 2.57. The lowest BCUT2D eigenvalue weighted by Crippen LogP contribution is -2.32. The topological polar surface area (TPSA) is 131 Å². The minimum atomic E-state index is -0.758. The van der Waals surface area contributed by atoms with Crippen LogP contribution in [0, 0.1) is 10.1 Å². The molecule has 10 heteroatoms. The molecule has 25 heavy (non-hydrogen) atoms. The Balaban J connectivity index is 2.12. The minimum absolute atomic E-state index is 0.0860. The van der Waals surface area contributed by atoms with Gasteiger partial charge in [0.15, 0.2) is 0 Å². The lowest BCUT2D eigenvalue weighted by molar-refractivity contribution is -0.386. The van der Waals surface area contributed by atoms with Crippen LogP contribution in [0.15, 0.2) is 55.6 Å². The Morgan fingerprint density at radius 3 is 2.72 bits per heavy atom. The summed E-state index contributed by atoms with van der Waals surface area (Å²) in [5.74, 6) is -0.525. The molecule has 1 aromatic heterocycles. The molecule has 126 valence electrons. The Morgan fingerprint density at radius 1 is 1.28 bits per heavy atom. The summed E-state index contributed by atoms with van der Waals surface area (Å²) in [5, 5.41) is 24.6. The number of benzene rings is 2. The van der Waals surface area contributed by atoms with E-state index < -0.39 is 27.6 Å². The maximum absolute atomic E-state index is 12.3. The van der Waals surface area contributed by atoms with Crippen molar-refractivity contribution in [2.75, 3.05) is 0 Å². The van der Waals surface area contributed by atoms with Gasteiger partial charge >= 0.3 is 11.4 Å². The minimum Gasteiger partial charge on any atom is -0.501 e. The highest BCUT2D eigenvalue weighted by Crippen LogP contribution is 2.34. The van der Waals surface area contributed by atoms with E-state index in [0.29, 0.717) is 10.2 Å². The van der Waals surface area contributed by atoms with E-state index in [4.69, 9.17) is 0 Å². The summed E-state index contributed by atoms with van der Waals surface area (Å²) in [6.07, 6.45) is 1.11. The zero-order valence-corrected chi connectivity index (χ0v) is 13.9. The molecule has 0 amide bonds. The van der Waals surface area contributed by atoms with Gasteiger partial charge in [0.2, 0.25) is 5.75 Å². The van der Waals surface area contributed by atoms with Gasteiger partial charge in [-0.1, -0.05) is 12.1 Å². The molecule has 0 atom stereocenters. The molecule has 0 fully saturated rings. The van der Waals surface area contributed by atoms with Crippen LogP contribution in [0.2, 0.25) is 0 Å². The number of aromatic hydroxyl groups is 1. The number of aromatic amines is 1. The maximum atomic E-state index is 12.3. The predicted molar refractivity (Wildman–Crippen MR) is 94.3 cm³/mol. The van der Waals surface area contributed by atoms with E-state index in [1.165, 1.54) is 6.07 Å².